The molecule has 0 radical (unpaired) electrons. The number of nitrogens with zero attached hydrogens (tertiary/aromatic N) is 1. The van der Waals surface area contributed by atoms with Crippen LogP contribution in [0.5, 0.6) is 5.75 Å². The number of aryl methyl sites for hydroxylation is 1. The normalized spacial score (nSPS) is 15.5. The maximum Gasteiger partial charge on any atom is 0.191 e. The van der Waals surface area contributed by atoms with Crippen LogP contribution >= 0.6 is 24.0 Å². The molecule has 0 unspecified atom stereocenters. The van der Waals surface area contributed by atoms with Gasteiger partial charge in [0.2, 0.25) is 0 Å². The largest absolute Gasteiger partial charge is 0.494 e. The van der Waals surface area contributed by atoms with Gasteiger partial charge in [0.1, 0.15) is 5.75 Å². The van der Waals surface area contributed by atoms with Gasteiger partial charge in [-0.25, -0.2) is 4.99 Å². The first-order chi connectivity index (χ1) is 12.6. The molecule has 154 valence electrons. The van der Waals surface area contributed by atoms with Crippen LogP contribution in [0.2, 0.25) is 0 Å². The van der Waals surface area contributed by atoms with E-state index in [9.17, 15) is 0 Å². The summed E-state index contributed by atoms with van der Waals surface area (Å²) < 4.78 is 10.9. The van der Waals surface area contributed by atoms with Crippen LogP contribution in [-0.2, 0) is 11.3 Å². The number of aliphatic imine (C=N–C) groups is 1. The lowest BCUT2D eigenvalue weighted by atomic mass is 9.67. The van der Waals surface area contributed by atoms with E-state index in [1.54, 1.807) is 7.11 Å². The van der Waals surface area contributed by atoms with Gasteiger partial charge in [-0.2, -0.15) is 0 Å². The maximum absolute atomic E-state index is 5.61. The molecule has 1 aliphatic rings. The highest BCUT2D eigenvalue weighted by Crippen LogP contribution is 2.43. The first-order valence-electron chi connectivity index (χ1n) is 9.86. The zero-order chi connectivity index (χ0) is 18.8. The first-order valence-corrected chi connectivity index (χ1v) is 9.86. The van der Waals surface area contributed by atoms with Crippen molar-refractivity contribution in [3.8, 4) is 5.75 Å². The van der Waals surface area contributed by atoms with Gasteiger partial charge >= 0.3 is 0 Å². The Morgan fingerprint density at radius 3 is 2.56 bits per heavy atom. The number of methoxy groups -OCH3 is 1. The van der Waals surface area contributed by atoms with E-state index in [0.717, 1.165) is 43.4 Å². The molecule has 0 aromatic heterocycles. The smallest absolute Gasteiger partial charge is 0.191 e. The van der Waals surface area contributed by atoms with Crippen LogP contribution in [0.25, 0.3) is 0 Å². The first kappa shape index (κ1) is 24.0. The number of nitrogens with one attached hydrogen (secondary N) is 2. The lowest BCUT2D eigenvalue weighted by Gasteiger charge is -2.42. The third kappa shape index (κ3) is 7.49. The molecule has 6 heteroatoms. The Kier molecular flexibility index (Phi) is 11.1. The molecule has 5 nitrogen and oxygen atoms in total. The van der Waals surface area contributed by atoms with Crippen LogP contribution in [0.4, 0.5) is 0 Å². The molecule has 0 saturated heterocycles. The van der Waals surface area contributed by atoms with Crippen molar-refractivity contribution < 1.29 is 9.47 Å². The Morgan fingerprint density at radius 2 is 2.00 bits per heavy atom. The average molecular weight is 489 g/mol. The second-order valence-corrected chi connectivity index (χ2v) is 7.18. The third-order valence-corrected chi connectivity index (χ3v) is 5.18. The SMILES string of the molecule is CCNC(=NCc1ccc(OCC)c(C)c1)NCC1(CCOC)CCC1.I. The summed E-state index contributed by atoms with van der Waals surface area (Å²) in [5.74, 6) is 1.85. The molecule has 0 bridgehead atoms. The van der Waals surface area contributed by atoms with Gasteiger partial charge < -0.3 is 20.1 Å². The minimum Gasteiger partial charge on any atom is -0.494 e. The van der Waals surface area contributed by atoms with Gasteiger partial charge in [-0.1, -0.05) is 18.6 Å². The number of hydrogen-bond acceptors (Lipinski definition) is 3. The highest BCUT2D eigenvalue weighted by Gasteiger charge is 2.36. The molecule has 2 rings (SSSR count). The summed E-state index contributed by atoms with van der Waals surface area (Å²) >= 11 is 0. The van der Waals surface area contributed by atoms with Crippen molar-refractivity contribution in [2.45, 2.75) is 53.0 Å². The molecule has 27 heavy (non-hydrogen) atoms. The molecular formula is C21H36IN3O2. The molecule has 1 aromatic rings. The molecule has 0 atom stereocenters. The summed E-state index contributed by atoms with van der Waals surface area (Å²) in [7, 11) is 1.78. The Hall–Kier alpha value is -1.02. The quantitative estimate of drug-likeness (QED) is 0.293. The van der Waals surface area contributed by atoms with Crippen LogP contribution in [0, 0.1) is 12.3 Å². The maximum atomic E-state index is 5.61. The van der Waals surface area contributed by atoms with Crippen LogP contribution < -0.4 is 15.4 Å². The van der Waals surface area contributed by atoms with Gasteiger partial charge in [-0.15, -0.1) is 24.0 Å². The number of halogens is 1. The molecule has 2 N–H and O–H groups in total. The van der Waals surface area contributed by atoms with Crippen molar-refractivity contribution in [1.29, 1.82) is 0 Å². The highest BCUT2D eigenvalue weighted by molar-refractivity contribution is 14.0. The summed E-state index contributed by atoms with van der Waals surface area (Å²) in [6, 6.07) is 6.29. The van der Waals surface area contributed by atoms with Crippen LogP contribution in [-0.4, -0.2) is 39.4 Å². The molecule has 1 saturated carbocycles. The van der Waals surface area contributed by atoms with Crippen LogP contribution in [0.1, 0.15) is 50.7 Å². The van der Waals surface area contributed by atoms with Gasteiger partial charge in [-0.3, -0.25) is 0 Å². The van der Waals surface area contributed by atoms with E-state index in [4.69, 9.17) is 14.5 Å². The summed E-state index contributed by atoms with van der Waals surface area (Å²) in [6.07, 6.45) is 5.00. The number of benzene rings is 1. The average Bonchev–Trinajstić information content (AvgIpc) is 2.60. The second kappa shape index (κ2) is 12.4. The Balaban J connectivity index is 0.00000364. The molecule has 0 amide bonds. The zero-order valence-electron chi connectivity index (χ0n) is 17.3. The number of hydrogen-bond donors (Lipinski definition) is 2. The predicted octanol–water partition coefficient (Wildman–Crippen LogP) is 4.27. The van der Waals surface area contributed by atoms with Crippen molar-refractivity contribution in [2.24, 2.45) is 10.4 Å². The molecule has 1 fully saturated rings. The van der Waals surface area contributed by atoms with E-state index < -0.39 is 0 Å². The van der Waals surface area contributed by atoms with Crippen LogP contribution in [0.15, 0.2) is 23.2 Å². The molecule has 1 aromatic carbocycles. The van der Waals surface area contributed by atoms with E-state index >= 15 is 0 Å². The van der Waals surface area contributed by atoms with Crippen molar-refractivity contribution in [3.05, 3.63) is 29.3 Å². The summed E-state index contributed by atoms with van der Waals surface area (Å²) in [6.45, 7) is 10.2. The lowest BCUT2D eigenvalue weighted by molar-refractivity contribution is 0.0732. The monoisotopic (exact) mass is 489 g/mol. The van der Waals surface area contributed by atoms with Crippen LogP contribution in [0.3, 0.4) is 0 Å². The predicted molar refractivity (Wildman–Crippen MR) is 123 cm³/mol. The highest BCUT2D eigenvalue weighted by atomic mass is 127. The molecule has 0 aliphatic heterocycles. The summed E-state index contributed by atoms with van der Waals surface area (Å²) in [5.41, 5.74) is 2.73. The fraction of sp³-hybridized carbons (Fsp3) is 0.667. The van der Waals surface area contributed by atoms with Crippen molar-refractivity contribution >= 4 is 29.9 Å². The fourth-order valence-electron chi connectivity index (χ4n) is 3.42. The lowest BCUT2D eigenvalue weighted by Crippen LogP contribution is -2.46. The summed E-state index contributed by atoms with van der Waals surface area (Å²) in [5, 5.41) is 6.91. The van der Waals surface area contributed by atoms with Gasteiger partial charge in [-0.05, 0) is 62.6 Å². The minimum atomic E-state index is 0. The number of rotatable bonds is 10. The molecule has 1 aliphatic carbocycles. The van der Waals surface area contributed by atoms with E-state index in [1.165, 1.54) is 24.8 Å². The van der Waals surface area contributed by atoms with Crippen molar-refractivity contribution in [1.82, 2.24) is 10.6 Å². The van der Waals surface area contributed by atoms with E-state index in [1.807, 2.05) is 13.0 Å². The van der Waals surface area contributed by atoms with E-state index in [-0.39, 0.29) is 24.0 Å². The molecule has 0 heterocycles. The zero-order valence-corrected chi connectivity index (χ0v) is 19.6. The topological polar surface area (TPSA) is 54.9 Å². The molecule has 0 spiro atoms. The Labute approximate surface area is 181 Å². The van der Waals surface area contributed by atoms with Gasteiger partial charge in [0.05, 0.1) is 13.2 Å². The molecular weight excluding hydrogens is 453 g/mol. The van der Waals surface area contributed by atoms with Gasteiger partial charge in [0, 0.05) is 26.8 Å². The van der Waals surface area contributed by atoms with Crippen molar-refractivity contribution in [3.63, 3.8) is 0 Å². The third-order valence-electron chi connectivity index (χ3n) is 5.18. The second-order valence-electron chi connectivity index (χ2n) is 7.18. The van der Waals surface area contributed by atoms with Gasteiger partial charge in [0.15, 0.2) is 5.96 Å². The summed E-state index contributed by atoms with van der Waals surface area (Å²) in [4.78, 5) is 4.76. The Morgan fingerprint density at radius 1 is 1.22 bits per heavy atom. The standard InChI is InChI=1S/C21H35N3O2.HI/c1-5-22-20(24-16-21(10-7-11-21)12-13-25-4)23-15-18-8-9-19(26-6-2)17(3)14-18;/h8-9,14H,5-7,10-13,15-16H2,1-4H3,(H2,22,23,24);1H. The minimum absolute atomic E-state index is 0. The number of guanidine groups is 1. The van der Waals surface area contributed by atoms with Crippen molar-refractivity contribution in [2.75, 3.05) is 33.4 Å². The Bertz CT molecular complexity index is 589. The number of ether oxygens (including phenoxy) is 2. The van der Waals surface area contributed by atoms with E-state index in [0.29, 0.717) is 18.6 Å². The fourth-order valence-corrected chi connectivity index (χ4v) is 3.42. The van der Waals surface area contributed by atoms with Gasteiger partial charge in [0.25, 0.3) is 0 Å². The van der Waals surface area contributed by atoms with E-state index in [2.05, 4.69) is 36.6 Å².